The normalized spacial score (nSPS) is 12.0. The van der Waals surface area contributed by atoms with Gasteiger partial charge in [0.1, 0.15) is 5.82 Å². The van der Waals surface area contributed by atoms with E-state index in [0.29, 0.717) is 12.0 Å². The van der Waals surface area contributed by atoms with Crippen molar-refractivity contribution in [3.05, 3.63) is 65.6 Å². The molecule has 0 aliphatic rings. The molecular formula is C23H24FNO2. The molecule has 27 heavy (non-hydrogen) atoms. The lowest BCUT2D eigenvalue weighted by atomic mass is 10.00. The largest absolute Gasteiger partial charge is 0.466 e. The minimum Gasteiger partial charge on any atom is -0.466 e. The third kappa shape index (κ3) is 3.52. The molecule has 3 rings (SSSR count). The van der Waals surface area contributed by atoms with E-state index in [1.165, 1.54) is 19.2 Å². The smallest absolute Gasteiger partial charge is 0.333 e. The zero-order chi connectivity index (χ0) is 19.6. The quantitative estimate of drug-likeness (QED) is 0.410. The number of para-hydroxylation sites is 1. The molecule has 0 aliphatic carbocycles. The summed E-state index contributed by atoms with van der Waals surface area (Å²) in [5.41, 5.74) is 4.52. The summed E-state index contributed by atoms with van der Waals surface area (Å²) in [6.45, 7) is 6.16. The Morgan fingerprint density at radius 2 is 1.81 bits per heavy atom. The van der Waals surface area contributed by atoms with Crippen molar-refractivity contribution in [2.75, 3.05) is 7.11 Å². The maximum absolute atomic E-state index is 13.5. The fourth-order valence-electron chi connectivity index (χ4n) is 3.50. The van der Waals surface area contributed by atoms with Gasteiger partial charge < -0.3 is 9.30 Å². The van der Waals surface area contributed by atoms with Gasteiger partial charge in [-0.1, -0.05) is 37.3 Å². The Balaban J connectivity index is 2.40. The van der Waals surface area contributed by atoms with Crippen LogP contribution in [0.4, 0.5) is 4.39 Å². The van der Waals surface area contributed by atoms with E-state index in [0.717, 1.165) is 27.7 Å². The second kappa shape index (κ2) is 7.78. The molecule has 0 unspecified atom stereocenters. The van der Waals surface area contributed by atoms with Crippen LogP contribution in [0.3, 0.4) is 0 Å². The van der Waals surface area contributed by atoms with Gasteiger partial charge in [-0.25, -0.2) is 9.18 Å². The van der Waals surface area contributed by atoms with Gasteiger partial charge in [-0.05, 0) is 50.1 Å². The van der Waals surface area contributed by atoms with Crippen molar-refractivity contribution >= 4 is 22.9 Å². The summed E-state index contributed by atoms with van der Waals surface area (Å²) >= 11 is 0. The van der Waals surface area contributed by atoms with Crippen LogP contribution in [0.1, 0.15) is 38.9 Å². The second-order valence-corrected chi connectivity index (χ2v) is 6.76. The van der Waals surface area contributed by atoms with Crippen LogP contribution >= 0.6 is 0 Å². The van der Waals surface area contributed by atoms with Crippen molar-refractivity contribution in [1.29, 1.82) is 0 Å². The summed E-state index contributed by atoms with van der Waals surface area (Å²) in [4.78, 5) is 12.2. The Morgan fingerprint density at radius 1 is 1.15 bits per heavy atom. The molecule has 0 spiro atoms. The Bertz CT molecular complexity index is 997. The number of nitrogens with zero attached hydrogens (tertiary/aromatic N) is 1. The average molecular weight is 365 g/mol. The minimum atomic E-state index is -0.330. The molecule has 1 heterocycles. The maximum Gasteiger partial charge on any atom is 0.333 e. The van der Waals surface area contributed by atoms with Crippen LogP contribution in [0.25, 0.3) is 28.1 Å². The van der Waals surface area contributed by atoms with Gasteiger partial charge in [0.05, 0.1) is 12.8 Å². The van der Waals surface area contributed by atoms with Crippen molar-refractivity contribution in [3.8, 4) is 11.1 Å². The third-order valence-corrected chi connectivity index (χ3v) is 4.74. The van der Waals surface area contributed by atoms with Crippen LogP contribution in [0, 0.1) is 5.82 Å². The molecule has 0 radical (unpaired) electrons. The molecular weight excluding hydrogens is 341 g/mol. The molecule has 1 aromatic heterocycles. The van der Waals surface area contributed by atoms with E-state index in [1.807, 2.05) is 25.1 Å². The highest BCUT2D eigenvalue weighted by atomic mass is 19.1. The number of hydrogen-bond acceptors (Lipinski definition) is 2. The first-order valence-corrected chi connectivity index (χ1v) is 9.15. The van der Waals surface area contributed by atoms with Crippen molar-refractivity contribution in [1.82, 2.24) is 4.57 Å². The standard InChI is InChI=1S/C23H24FNO2/c1-5-16(23(26)27-4)14-21-22(17-10-12-18(24)13-11-17)19-8-6-7-9-20(19)25(21)15(2)3/h6-15H,5H2,1-4H3. The molecule has 0 aliphatic heterocycles. The number of ether oxygens (including phenoxy) is 1. The van der Waals surface area contributed by atoms with E-state index in [-0.39, 0.29) is 17.8 Å². The van der Waals surface area contributed by atoms with Crippen LogP contribution in [0.15, 0.2) is 54.1 Å². The van der Waals surface area contributed by atoms with Crippen molar-refractivity contribution in [3.63, 3.8) is 0 Å². The number of benzene rings is 2. The summed E-state index contributed by atoms with van der Waals surface area (Å²) in [6.07, 6.45) is 2.47. The maximum atomic E-state index is 13.5. The SMILES string of the molecule is CCC(=Cc1c(-c2ccc(F)cc2)c2ccccc2n1C(C)C)C(=O)OC. The number of rotatable bonds is 5. The van der Waals surface area contributed by atoms with Crippen LogP contribution in [-0.2, 0) is 9.53 Å². The van der Waals surface area contributed by atoms with Crippen LogP contribution in [0.5, 0.6) is 0 Å². The molecule has 0 N–H and O–H groups in total. The molecule has 0 saturated carbocycles. The molecule has 4 heteroatoms. The zero-order valence-electron chi connectivity index (χ0n) is 16.1. The molecule has 3 aromatic rings. The summed E-state index contributed by atoms with van der Waals surface area (Å²) < 4.78 is 20.6. The summed E-state index contributed by atoms with van der Waals surface area (Å²) in [7, 11) is 1.39. The number of carbonyl (C=O) groups excluding carboxylic acids is 1. The highest BCUT2D eigenvalue weighted by Gasteiger charge is 2.20. The predicted molar refractivity (Wildman–Crippen MR) is 108 cm³/mol. The van der Waals surface area contributed by atoms with Gasteiger partial charge in [0.15, 0.2) is 0 Å². The molecule has 0 fully saturated rings. The van der Waals surface area contributed by atoms with E-state index in [1.54, 1.807) is 12.1 Å². The summed E-state index contributed by atoms with van der Waals surface area (Å²) in [6, 6.07) is 14.8. The van der Waals surface area contributed by atoms with Crippen molar-refractivity contribution < 1.29 is 13.9 Å². The number of aromatic nitrogens is 1. The number of halogens is 1. The van der Waals surface area contributed by atoms with E-state index in [2.05, 4.69) is 30.5 Å². The molecule has 140 valence electrons. The lowest BCUT2D eigenvalue weighted by Gasteiger charge is -2.15. The minimum absolute atomic E-state index is 0.186. The van der Waals surface area contributed by atoms with E-state index < -0.39 is 0 Å². The lowest BCUT2D eigenvalue weighted by Crippen LogP contribution is -2.07. The average Bonchev–Trinajstić information content (AvgIpc) is 3.00. The topological polar surface area (TPSA) is 31.2 Å². The van der Waals surface area contributed by atoms with E-state index in [4.69, 9.17) is 4.74 Å². The Morgan fingerprint density at radius 3 is 2.41 bits per heavy atom. The highest BCUT2D eigenvalue weighted by molar-refractivity contribution is 6.03. The fourth-order valence-corrected chi connectivity index (χ4v) is 3.50. The number of methoxy groups -OCH3 is 1. The monoisotopic (exact) mass is 365 g/mol. The predicted octanol–water partition coefficient (Wildman–Crippen LogP) is 5.99. The fraction of sp³-hybridized carbons (Fsp3) is 0.261. The second-order valence-electron chi connectivity index (χ2n) is 6.76. The van der Waals surface area contributed by atoms with E-state index in [9.17, 15) is 9.18 Å². The van der Waals surface area contributed by atoms with Gasteiger partial charge in [-0.15, -0.1) is 0 Å². The zero-order valence-corrected chi connectivity index (χ0v) is 16.1. The summed E-state index contributed by atoms with van der Waals surface area (Å²) in [5.74, 6) is -0.602. The van der Waals surface area contributed by atoms with Crippen molar-refractivity contribution in [2.24, 2.45) is 0 Å². The first-order valence-electron chi connectivity index (χ1n) is 9.15. The highest BCUT2D eigenvalue weighted by Crippen LogP contribution is 2.38. The first-order chi connectivity index (χ1) is 13.0. The Hall–Kier alpha value is -2.88. The molecule has 2 aromatic carbocycles. The van der Waals surface area contributed by atoms with E-state index >= 15 is 0 Å². The molecule has 0 bridgehead atoms. The van der Waals surface area contributed by atoms with Crippen LogP contribution in [0.2, 0.25) is 0 Å². The van der Waals surface area contributed by atoms with Gasteiger partial charge in [0.25, 0.3) is 0 Å². The Kier molecular flexibility index (Phi) is 5.45. The number of carbonyl (C=O) groups is 1. The Labute approximate surface area is 159 Å². The van der Waals surface area contributed by atoms with Crippen LogP contribution in [-0.4, -0.2) is 17.6 Å². The van der Waals surface area contributed by atoms with Crippen molar-refractivity contribution in [2.45, 2.75) is 33.2 Å². The lowest BCUT2D eigenvalue weighted by molar-refractivity contribution is -0.136. The van der Waals surface area contributed by atoms with Gasteiger partial charge in [-0.3, -0.25) is 0 Å². The molecule has 0 saturated heterocycles. The molecule has 0 atom stereocenters. The third-order valence-electron chi connectivity index (χ3n) is 4.74. The number of esters is 1. The summed E-state index contributed by atoms with van der Waals surface area (Å²) in [5, 5.41) is 1.07. The van der Waals surface area contributed by atoms with Crippen LogP contribution < -0.4 is 0 Å². The van der Waals surface area contributed by atoms with Gasteiger partial charge in [-0.2, -0.15) is 0 Å². The van der Waals surface area contributed by atoms with Gasteiger partial charge >= 0.3 is 5.97 Å². The number of fused-ring (bicyclic) bond motifs is 1. The molecule has 0 amide bonds. The first kappa shape index (κ1) is 18.9. The number of hydrogen-bond donors (Lipinski definition) is 0. The van der Waals surface area contributed by atoms with Gasteiger partial charge in [0.2, 0.25) is 0 Å². The van der Waals surface area contributed by atoms with Gasteiger partial charge in [0, 0.05) is 28.1 Å². The molecule has 3 nitrogen and oxygen atoms in total.